The first-order chi connectivity index (χ1) is 20.3. The Balaban J connectivity index is 1.32. The first-order valence-electron chi connectivity index (χ1n) is 14.3. The normalized spacial score (nSPS) is 12.4. The van der Waals surface area contributed by atoms with Crippen molar-refractivity contribution in [3.63, 3.8) is 0 Å². The Kier molecular flexibility index (Phi) is 3.98. The maximum atomic E-state index is 2.48. The zero-order chi connectivity index (χ0) is 26.7. The topological polar surface area (TPSA) is 4.41 Å². The quantitative estimate of drug-likeness (QED) is 0.191. The molecule has 1 nitrogen and oxygen atoms in total. The third kappa shape index (κ3) is 2.70. The van der Waals surface area contributed by atoms with E-state index in [-0.39, 0.29) is 0 Å². The van der Waals surface area contributed by atoms with Crippen molar-refractivity contribution >= 4 is 81.2 Å². The van der Waals surface area contributed by atoms with E-state index in [4.69, 9.17) is 0 Å². The number of nitrogens with zero attached hydrogens (tertiary/aromatic N) is 1. The van der Waals surface area contributed by atoms with Crippen LogP contribution in [0.1, 0.15) is 0 Å². The van der Waals surface area contributed by atoms with Gasteiger partial charge in [0.2, 0.25) is 0 Å². The fraction of sp³-hybridized carbons (Fsp3) is 0. The molecule has 0 atom stereocenters. The Morgan fingerprint density at radius 2 is 0.829 bits per heavy atom. The van der Waals surface area contributed by atoms with Crippen molar-refractivity contribution in [1.82, 2.24) is 4.40 Å². The standard InChI is InChI=1S/C40H23N/c1-2-10-27-26(9-1)23-35-33-15-7-8-16-37(33)41-38-20-18-25(22-36(38)39(27)40(35)41)24-17-19-32-30-13-4-3-11-28(30)29-12-5-6-14-31(29)34(32)21-24/h1-23H. The van der Waals surface area contributed by atoms with E-state index in [1.54, 1.807) is 0 Å². The van der Waals surface area contributed by atoms with E-state index in [1.807, 2.05) is 0 Å². The molecule has 10 rings (SSSR count). The van der Waals surface area contributed by atoms with Crippen LogP contribution in [0.5, 0.6) is 0 Å². The molecule has 0 saturated carbocycles. The molecule has 0 aliphatic rings. The fourth-order valence-corrected chi connectivity index (χ4v) is 7.51. The summed E-state index contributed by atoms with van der Waals surface area (Å²) < 4.78 is 2.48. The van der Waals surface area contributed by atoms with Crippen LogP contribution in [0, 0.1) is 0 Å². The molecule has 2 aromatic heterocycles. The first-order valence-corrected chi connectivity index (χ1v) is 14.3. The van der Waals surface area contributed by atoms with Gasteiger partial charge in [0.05, 0.1) is 16.6 Å². The van der Waals surface area contributed by atoms with Crippen LogP contribution in [0.3, 0.4) is 0 Å². The van der Waals surface area contributed by atoms with Gasteiger partial charge in [-0.15, -0.1) is 0 Å². The van der Waals surface area contributed by atoms with Gasteiger partial charge in [-0.05, 0) is 84.5 Å². The van der Waals surface area contributed by atoms with Crippen LogP contribution < -0.4 is 0 Å². The molecule has 188 valence electrons. The van der Waals surface area contributed by atoms with Crippen LogP contribution >= 0.6 is 0 Å². The van der Waals surface area contributed by atoms with Gasteiger partial charge in [-0.2, -0.15) is 0 Å². The lowest BCUT2D eigenvalue weighted by Crippen LogP contribution is -1.85. The Morgan fingerprint density at radius 1 is 0.317 bits per heavy atom. The molecule has 0 spiro atoms. The lowest BCUT2D eigenvalue weighted by Gasteiger charge is -2.12. The second-order valence-electron chi connectivity index (χ2n) is 11.3. The molecule has 0 saturated heterocycles. The number of hydrogen-bond donors (Lipinski definition) is 0. The van der Waals surface area contributed by atoms with Crippen molar-refractivity contribution in [2.45, 2.75) is 0 Å². The predicted molar refractivity (Wildman–Crippen MR) is 177 cm³/mol. The number of aromatic nitrogens is 1. The lowest BCUT2D eigenvalue weighted by molar-refractivity contribution is 1.37. The summed E-state index contributed by atoms with van der Waals surface area (Å²) in [5, 5.41) is 15.8. The summed E-state index contributed by atoms with van der Waals surface area (Å²) in [6, 6.07) is 51.7. The lowest BCUT2D eigenvalue weighted by atomic mass is 9.91. The van der Waals surface area contributed by atoms with E-state index in [9.17, 15) is 0 Å². The molecule has 41 heavy (non-hydrogen) atoms. The summed E-state index contributed by atoms with van der Waals surface area (Å²) in [6.07, 6.45) is 0. The molecule has 0 radical (unpaired) electrons. The van der Waals surface area contributed by atoms with E-state index in [0.717, 1.165) is 0 Å². The molecular weight excluding hydrogens is 494 g/mol. The Bertz CT molecular complexity index is 2650. The zero-order valence-corrected chi connectivity index (χ0v) is 22.2. The monoisotopic (exact) mass is 517 g/mol. The van der Waals surface area contributed by atoms with Gasteiger partial charge in [0, 0.05) is 21.5 Å². The highest BCUT2D eigenvalue weighted by Crippen LogP contribution is 2.44. The van der Waals surface area contributed by atoms with Crippen LogP contribution in [-0.2, 0) is 0 Å². The number of para-hydroxylation sites is 1. The van der Waals surface area contributed by atoms with E-state index in [0.29, 0.717) is 0 Å². The van der Waals surface area contributed by atoms with E-state index < -0.39 is 0 Å². The van der Waals surface area contributed by atoms with Crippen LogP contribution in [0.15, 0.2) is 140 Å². The number of fused-ring (bicyclic) bond motifs is 14. The van der Waals surface area contributed by atoms with Gasteiger partial charge in [-0.3, -0.25) is 0 Å². The van der Waals surface area contributed by atoms with Gasteiger partial charge in [-0.25, -0.2) is 0 Å². The minimum Gasteiger partial charge on any atom is -0.308 e. The van der Waals surface area contributed by atoms with Gasteiger partial charge < -0.3 is 4.40 Å². The van der Waals surface area contributed by atoms with Crippen LogP contribution in [0.4, 0.5) is 0 Å². The third-order valence-corrected chi connectivity index (χ3v) is 9.26. The highest BCUT2D eigenvalue weighted by molar-refractivity contribution is 6.31. The number of benzene rings is 8. The number of hydrogen-bond acceptors (Lipinski definition) is 0. The van der Waals surface area contributed by atoms with E-state index >= 15 is 0 Å². The fourth-order valence-electron chi connectivity index (χ4n) is 7.51. The summed E-state index contributed by atoms with van der Waals surface area (Å²) in [5.74, 6) is 0. The minimum atomic E-state index is 1.25. The molecular formula is C40H23N. The predicted octanol–water partition coefficient (Wildman–Crippen LogP) is 11.1. The largest absolute Gasteiger partial charge is 0.308 e. The Morgan fingerprint density at radius 3 is 1.56 bits per heavy atom. The Labute approximate surface area is 235 Å². The third-order valence-electron chi connectivity index (χ3n) is 9.26. The molecule has 0 unspecified atom stereocenters. The maximum absolute atomic E-state index is 2.48. The molecule has 0 bridgehead atoms. The van der Waals surface area contributed by atoms with Gasteiger partial charge in [0.15, 0.2) is 0 Å². The highest BCUT2D eigenvalue weighted by atomic mass is 14.9. The second-order valence-corrected chi connectivity index (χ2v) is 11.3. The first kappa shape index (κ1) is 21.4. The van der Waals surface area contributed by atoms with E-state index in [2.05, 4.69) is 144 Å². The Hall–Kier alpha value is -5.40. The van der Waals surface area contributed by atoms with Crippen molar-refractivity contribution < 1.29 is 0 Å². The van der Waals surface area contributed by atoms with Crippen molar-refractivity contribution in [3.05, 3.63) is 140 Å². The smallest absolute Gasteiger partial charge is 0.0626 e. The summed E-state index contributed by atoms with van der Waals surface area (Å²) in [4.78, 5) is 0. The van der Waals surface area contributed by atoms with Crippen molar-refractivity contribution in [2.75, 3.05) is 0 Å². The van der Waals surface area contributed by atoms with Crippen LogP contribution in [0.25, 0.3) is 92.3 Å². The van der Waals surface area contributed by atoms with Crippen molar-refractivity contribution in [2.24, 2.45) is 0 Å². The SMILES string of the molecule is c1ccc2c(c1)cc1c3ccccc3n3c4ccc(-c5ccc6c7ccccc7c7ccccc7c6c5)cc4c2c13. The summed E-state index contributed by atoms with van der Waals surface area (Å²) in [5.41, 5.74) is 6.36. The summed E-state index contributed by atoms with van der Waals surface area (Å²) in [7, 11) is 0. The van der Waals surface area contributed by atoms with Crippen LogP contribution in [0.2, 0.25) is 0 Å². The molecule has 0 fully saturated rings. The van der Waals surface area contributed by atoms with E-state index in [1.165, 1.54) is 92.3 Å². The molecule has 0 amide bonds. The van der Waals surface area contributed by atoms with Gasteiger partial charge in [0.1, 0.15) is 0 Å². The molecule has 10 aromatic rings. The molecule has 8 aromatic carbocycles. The summed E-state index contributed by atoms with van der Waals surface area (Å²) in [6.45, 7) is 0. The minimum absolute atomic E-state index is 1.25. The van der Waals surface area contributed by atoms with Gasteiger partial charge >= 0.3 is 0 Å². The average Bonchev–Trinajstić information content (AvgIpc) is 3.56. The highest BCUT2D eigenvalue weighted by Gasteiger charge is 2.20. The van der Waals surface area contributed by atoms with Gasteiger partial charge in [-0.1, -0.05) is 109 Å². The zero-order valence-electron chi connectivity index (χ0n) is 22.2. The molecule has 0 aliphatic carbocycles. The second kappa shape index (κ2) is 7.62. The average molecular weight is 518 g/mol. The van der Waals surface area contributed by atoms with Crippen molar-refractivity contribution in [1.29, 1.82) is 0 Å². The van der Waals surface area contributed by atoms with Crippen molar-refractivity contribution in [3.8, 4) is 11.1 Å². The number of rotatable bonds is 1. The molecule has 2 heterocycles. The van der Waals surface area contributed by atoms with Gasteiger partial charge in [0.25, 0.3) is 0 Å². The molecule has 1 heteroatoms. The maximum Gasteiger partial charge on any atom is 0.0626 e. The molecule has 0 N–H and O–H groups in total. The summed E-state index contributed by atoms with van der Waals surface area (Å²) >= 11 is 0. The van der Waals surface area contributed by atoms with Crippen LogP contribution in [-0.4, -0.2) is 4.40 Å². The molecule has 0 aliphatic heterocycles.